The highest BCUT2D eigenvalue weighted by Crippen LogP contribution is 2.33. The Labute approximate surface area is 148 Å². The molecule has 1 aliphatic rings. The molecule has 1 saturated heterocycles. The largest absolute Gasteiger partial charge is 0.391 e. The molecule has 1 fully saturated rings. The zero-order valence-corrected chi connectivity index (χ0v) is 16.0. The summed E-state index contributed by atoms with van der Waals surface area (Å²) in [6.45, 7) is 0. The van der Waals surface area contributed by atoms with Crippen molar-refractivity contribution in [3.8, 4) is 0 Å². The van der Waals surface area contributed by atoms with Gasteiger partial charge in [0, 0.05) is 56.8 Å². The summed E-state index contributed by atoms with van der Waals surface area (Å²) in [6.07, 6.45) is -0.749. The van der Waals surface area contributed by atoms with Crippen LogP contribution in [-0.2, 0) is 0 Å². The van der Waals surface area contributed by atoms with Gasteiger partial charge in [0.1, 0.15) is 0 Å². The molecule has 0 bridgehead atoms. The van der Waals surface area contributed by atoms with Crippen LogP contribution in [0.4, 0.5) is 0 Å². The van der Waals surface area contributed by atoms with Crippen LogP contribution in [0.25, 0.3) is 0 Å². The van der Waals surface area contributed by atoms with Crippen molar-refractivity contribution in [2.75, 3.05) is 46.3 Å². The smallest absolute Gasteiger partial charge is 0.0765 e. The first-order valence-electron chi connectivity index (χ1n) is 6.52. The highest BCUT2D eigenvalue weighted by molar-refractivity contribution is 8.09. The number of alkyl halides is 2. The lowest BCUT2D eigenvalue weighted by molar-refractivity contribution is 0.223. The second-order valence-corrected chi connectivity index (χ2v) is 10.0. The highest BCUT2D eigenvalue weighted by atomic mass is 35.5. The summed E-state index contributed by atoms with van der Waals surface area (Å²) < 4.78 is 0. The summed E-state index contributed by atoms with van der Waals surface area (Å²) in [5, 5.41) is 20.2. The molecular formula is C12H22Cl2O2S4. The van der Waals surface area contributed by atoms with Gasteiger partial charge in [-0.05, 0) is 0 Å². The van der Waals surface area contributed by atoms with Crippen LogP contribution in [0, 0.1) is 0 Å². The van der Waals surface area contributed by atoms with E-state index in [0.29, 0.717) is 22.3 Å². The number of aliphatic hydroxyl groups excluding tert-OH is 2. The number of hydrogen-bond donors (Lipinski definition) is 2. The molecule has 0 aliphatic carbocycles. The van der Waals surface area contributed by atoms with E-state index in [4.69, 9.17) is 23.2 Å². The van der Waals surface area contributed by atoms with E-state index in [-0.39, 0.29) is 12.2 Å². The van der Waals surface area contributed by atoms with Crippen molar-refractivity contribution in [3.05, 3.63) is 0 Å². The third-order valence-corrected chi connectivity index (χ3v) is 9.49. The lowest BCUT2D eigenvalue weighted by Gasteiger charge is -2.27. The van der Waals surface area contributed by atoms with Crippen LogP contribution in [0.3, 0.4) is 0 Å². The van der Waals surface area contributed by atoms with Gasteiger partial charge < -0.3 is 10.2 Å². The molecule has 2 N–H and O–H groups in total. The molecule has 0 saturated carbocycles. The molecule has 0 amide bonds. The lowest BCUT2D eigenvalue weighted by Crippen LogP contribution is -2.26. The molecule has 0 radical (unpaired) electrons. The molecule has 1 heterocycles. The van der Waals surface area contributed by atoms with Crippen molar-refractivity contribution < 1.29 is 10.2 Å². The summed E-state index contributed by atoms with van der Waals surface area (Å²) in [4.78, 5) is 0. The van der Waals surface area contributed by atoms with Gasteiger partial charge in [-0.25, -0.2) is 0 Å². The number of halogens is 2. The normalized spacial score (nSPS) is 26.4. The first-order valence-corrected chi connectivity index (χ1v) is 12.0. The van der Waals surface area contributed by atoms with Crippen molar-refractivity contribution >= 4 is 70.2 Å². The zero-order chi connectivity index (χ0) is 14.8. The molecule has 0 spiro atoms. The summed E-state index contributed by atoms with van der Waals surface area (Å²) in [7, 11) is 0. The average Bonchev–Trinajstić information content (AvgIpc) is 2.48. The van der Waals surface area contributed by atoms with E-state index in [9.17, 15) is 10.2 Å². The quantitative estimate of drug-likeness (QED) is 0.553. The Balaban J connectivity index is 2.02. The van der Waals surface area contributed by atoms with Crippen molar-refractivity contribution in [2.24, 2.45) is 0 Å². The third-order valence-electron chi connectivity index (χ3n) is 2.62. The van der Waals surface area contributed by atoms with Crippen molar-refractivity contribution in [3.63, 3.8) is 0 Å². The monoisotopic (exact) mass is 396 g/mol. The molecule has 120 valence electrons. The number of rotatable bonds is 10. The molecule has 0 aromatic heterocycles. The van der Waals surface area contributed by atoms with Gasteiger partial charge >= 0.3 is 0 Å². The predicted molar refractivity (Wildman–Crippen MR) is 101 cm³/mol. The maximum atomic E-state index is 9.39. The Hall–Kier alpha value is 1.90. The van der Waals surface area contributed by atoms with Crippen LogP contribution in [0.2, 0.25) is 0 Å². The zero-order valence-electron chi connectivity index (χ0n) is 11.2. The Kier molecular flexibility index (Phi) is 12.3. The number of thioether (sulfide) groups is 4. The summed E-state index contributed by atoms with van der Waals surface area (Å²) in [5.41, 5.74) is 0. The summed E-state index contributed by atoms with van der Waals surface area (Å²) in [6, 6.07) is 0. The number of hydrogen-bond acceptors (Lipinski definition) is 6. The fourth-order valence-corrected chi connectivity index (χ4v) is 7.92. The van der Waals surface area contributed by atoms with Gasteiger partial charge in [-0.1, -0.05) is 0 Å². The molecule has 0 aromatic rings. The average molecular weight is 397 g/mol. The van der Waals surface area contributed by atoms with Gasteiger partial charge in [0.15, 0.2) is 0 Å². The van der Waals surface area contributed by atoms with Gasteiger partial charge in [0.25, 0.3) is 0 Å². The van der Waals surface area contributed by atoms with Crippen molar-refractivity contribution in [2.45, 2.75) is 22.7 Å². The van der Waals surface area contributed by atoms with E-state index in [2.05, 4.69) is 0 Å². The van der Waals surface area contributed by atoms with E-state index in [1.807, 2.05) is 23.5 Å². The van der Waals surface area contributed by atoms with Crippen LogP contribution < -0.4 is 0 Å². The minimum atomic E-state index is -0.375. The molecule has 2 nitrogen and oxygen atoms in total. The van der Waals surface area contributed by atoms with E-state index >= 15 is 0 Å². The standard InChI is InChI=1S/C12H22Cl2O2S4/c13-1-9(15)3-17-5-11-7-20-12(8-19-11)6-18-4-10(16)2-14/h9-12,15-16H,1-8H2. The Morgan fingerprint density at radius 3 is 1.60 bits per heavy atom. The Morgan fingerprint density at radius 2 is 1.30 bits per heavy atom. The van der Waals surface area contributed by atoms with Crippen LogP contribution in [0.5, 0.6) is 0 Å². The fourth-order valence-electron chi connectivity index (χ4n) is 1.54. The van der Waals surface area contributed by atoms with Crippen LogP contribution in [0.15, 0.2) is 0 Å². The Morgan fingerprint density at radius 1 is 0.900 bits per heavy atom. The topological polar surface area (TPSA) is 40.5 Å². The molecular weight excluding hydrogens is 375 g/mol. The molecule has 1 aliphatic heterocycles. The molecule has 1 rings (SSSR count). The van der Waals surface area contributed by atoms with E-state index < -0.39 is 0 Å². The molecule has 8 heteroatoms. The Bertz CT molecular complexity index is 219. The molecule has 4 atom stereocenters. The summed E-state index contributed by atoms with van der Waals surface area (Å²) in [5.74, 6) is 6.67. The third kappa shape index (κ3) is 9.13. The minimum absolute atomic E-state index is 0.326. The maximum Gasteiger partial charge on any atom is 0.0765 e. The highest BCUT2D eigenvalue weighted by Gasteiger charge is 2.22. The first kappa shape index (κ1) is 19.9. The van der Waals surface area contributed by atoms with Crippen molar-refractivity contribution in [1.82, 2.24) is 0 Å². The summed E-state index contributed by atoms with van der Waals surface area (Å²) >= 11 is 18.8. The lowest BCUT2D eigenvalue weighted by atomic mass is 10.5. The van der Waals surface area contributed by atoms with Gasteiger partial charge in [0.2, 0.25) is 0 Å². The molecule has 4 unspecified atom stereocenters. The molecule has 0 aromatic carbocycles. The van der Waals surface area contributed by atoms with Gasteiger partial charge in [-0.15, -0.1) is 23.2 Å². The van der Waals surface area contributed by atoms with Crippen LogP contribution >= 0.6 is 70.2 Å². The van der Waals surface area contributed by atoms with Crippen LogP contribution in [-0.4, -0.2) is 79.2 Å². The minimum Gasteiger partial charge on any atom is -0.391 e. The van der Waals surface area contributed by atoms with Crippen molar-refractivity contribution in [1.29, 1.82) is 0 Å². The van der Waals surface area contributed by atoms with Gasteiger partial charge in [0.05, 0.1) is 12.2 Å². The van der Waals surface area contributed by atoms with Gasteiger partial charge in [-0.2, -0.15) is 47.0 Å². The van der Waals surface area contributed by atoms with E-state index in [1.165, 1.54) is 11.5 Å². The SMILES string of the molecule is OC(CCl)CSCC1CSC(CSCC(O)CCl)CS1. The molecule has 20 heavy (non-hydrogen) atoms. The maximum absolute atomic E-state index is 9.39. The van der Waals surface area contributed by atoms with E-state index in [1.54, 1.807) is 23.5 Å². The first-order chi connectivity index (χ1) is 9.65. The predicted octanol–water partition coefficient (Wildman–Crippen LogP) is 2.87. The second kappa shape index (κ2) is 12.3. The number of aliphatic hydroxyl groups is 2. The second-order valence-electron chi connectivity index (χ2n) is 4.60. The van der Waals surface area contributed by atoms with Gasteiger partial charge in [-0.3, -0.25) is 0 Å². The van der Waals surface area contributed by atoms with Crippen LogP contribution in [0.1, 0.15) is 0 Å². The fraction of sp³-hybridized carbons (Fsp3) is 1.00. The van der Waals surface area contributed by atoms with E-state index in [0.717, 1.165) is 23.0 Å².